The Balaban J connectivity index is 1.99. The van der Waals surface area contributed by atoms with Crippen molar-refractivity contribution in [2.24, 2.45) is 0 Å². The highest BCUT2D eigenvalue weighted by Gasteiger charge is 2.25. The highest BCUT2D eigenvalue weighted by molar-refractivity contribution is 5.74. The number of ether oxygens (including phenoxy) is 1. The van der Waals surface area contributed by atoms with Crippen molar-refractivity contribution in [3.8, 4) is 6.07 Å². The summed E-state index contributed by atoms with van der Waals surface area (Å²) in [6.07, 6.45) is 2.16. The minimum absolute atomic E-state index is 0.00202. The minimum Gasteiger partial charge on any atom is -0.376 e. The van der Waals surface area contributed by atoms with Crippen molar-refractivity contribution in [1.29, 1.82) is 5.26 Å². The lowest BCUT2D eigenvalue weighted by Gasteiger charge is -2.28. The molecule has 0 radical (unpaired) electrons. The van der Waals surface area contributed by atoms with Gasteiger partial charge in [-0.05, 0) is 51.6 Å². The van der Waals surface area contributed by atoms with Crippen LogP contribution in [0.5, 0.6) is 0 Å². The summed E-state index contributed by atoms with van der Waals surface area (Å²) in [5.41, 5.74) is 1.64. The van der Waals surface area contributed by atoms with Crippen LogP contribution in [0.2, 0.25) is 0 Å². The number of hydrogen-bond acceptors (Lipinski definition) is 4. The molecule has 0 spiro atoms. The van der Waals surface area contributed by atoms with Gasteiger partial charge in [0.15, 0.2) is 0 Å². The van der Waals surface area contributed by atoms with Gasteiger partial charge >= 0.3 is 6.03 Å². The van der Waals surface area contributed by atoms with E-state index in [9.17, 15) is 4.79 Å². The molecule has 1 fully saturated rings. The van der Waals surface area contributed by atoms with E-state index in [-0.39, 0.29) is 18.2 Å². The zero-order chi connectivity index (χ0) is 18.2. The zero-order valence-electron chi connectivity index (χ0n) is 15.4. The van der Waals surface area contributed by atoms with Crippen molar-refractivity contribution in [1.82, 2.24) is 15.1 Å². The van der Waals surface area contributed by atoms with Crippen molar-refractivity contribution in [3.63, 3.8) is 0 Å². The quantitative estimate of drug-likeness (QED) is 0.823. The molecule has 6 nitrogen and oxygen atoms in total. The Morgan fingerprint density at radius 2 is 2.08 bits per heavy atom. The van der Waals surface area contributed by atoms with Crippen LogP contribution in [0.15, 0.2) is 24.3 Å². The molecule has 1 aromatic rings. The minimum atomic E-state index is -0.0748. The fraction of sp³-hybridized carbons (Fsp3) is 0.579. The molecule has 0 saturated carbocycles. The summed E-state index contributed by atoms with van der Waals surface area (Å²) in [5.74, 6) is 0. The van der Waals surface area contributed by atoms with E-state index >= 15 is 0 Å². The second kappa shape index (κ2) is 9.40. The lowest BCUT2D eigenvalue weighted by Crippen LogP contribution is -2.49. The molecule has 2 amide bonds. The maximum Gasteiger partial charge on any atom is 0.318 e. The molecule has 6 heteroatoms. The third-order valence-electron chi connectivity index (χ3n) is 4.43. The van der Waals surface area contributed by atoms with E-state index in [0.717, 1.165) is 31.6 Å². The Kier molecular flexibility index (Phi) is 7.23. The molecule has 1 aromatic carbocycles. The van der Waals surface area contributed by atoms with E-state index in [4.69, 9.17) is 10.00 Å². The van der Waals surface area contributed by atoms with Crippen LogP contribution in [0.1, 0.15) is 30.9 Å². The number of likely N-dealkylation sites (N-methyl/N-ethyl adjacent to an activating group) is 1. The summed E-state index contributed by atoms with van der Waals surface area (Å²) in [6.45, 7) is 4.72. The van der Waals surface area contributed by atoms with Gasteiger partial charge in [0.1, 0.15) is 0 Å². The number of amides is 2. The highest BCUT2D eigenvalue weighted by Crippen LogP contribution is 2.16. The summed E-state index contributed by atoms with van der Waals surface area (Å²) < 4.78 is 5.67. The van der Waals surface area contributed by atoms with E-state index < -0.39 is 0 Å². The van der Waals surface area contributed by atoms with E-state index in [1.54, 1.807) is 12.1 Å². The Hall–Kier alpha value is -2.10. The number of carbonyl (C=O) groups is 1. The molecule has 25 heavy (non-hydrogen) atoms. The van der Waals surface area contributed by atoms with Gasteiger partial charge in [0.25, 0.3) is 0 Å². The Morgan fingerprint density at radius 3 is 2.64 bits per heavy atom. The molecule has 2 atom stereocenters. The van der Waals surface area contributed by atoms with Crippen molar-refractivity contribution in [2.75, 3.05) is 33.8 Å². The largest absolute Gasteiger partial charge is 0.376 e. The van der Waals surface area contributed by atoms with Gasteiger partial charge in [0.2, 0.25) is 0 Å². The second-order valence-electron chi connectivity index (χ2n) is 6.82. The smallest absolute Gasteiger partial charge is 0.318 e. The van der Waals surface area contributed by atoms with Crippen molar-refractivity contribution >= 4 is 6.03 Å². The summed E-state index contributed by atoms with van der Waals surface area (Å²) in [6, 6.07) is 9.41. The van der Waals surface area contributed by atoms with Gasteiger partial charge in [-0.1, -0.05) is 12.1 Å². The number of nitrogens with one attached hydrogen (secondary N) is 1. The Labute approximate surface area is 150 Å². The summed E-state index contributed by atoms with van der Waals surface area (Å²) in [4.78, 5) is 16.6. The molecule has 1 aliphatic heterocycles. The molecule has 1 saturated heterocycles. The molecule has 0 bridgehead atoms. The number of carbonyl (C=O) groups excluding carboxylic acids is 1. The average Bonchev–Trinajstić information content (AvgIpc) is 3.13. The van der Waals surface area contributed by atoms with Crippen LogP contribution in [-0.2, 0) is 11.3 Å². The SMILES string of the molecule is CC(NC(=O)N(CCN(C)C)Cc1ccc(C#N)cc1)C1CCCO1. The van der Waals surface area contributed by atoms with Gasteiger partial charge < -0.3 is 19.9 Å². The maximum atomic E-state index is 12.7. The summed E-state index contributed by atoms with van der Waals surface area (Å²) in [7, 11) is 3.99. The van der Waals surface area contributed by atoms with Crippen molar-refractivity contribution in [3.05, 3.63) is 35.4 Å². The molecule has 2 rings (SSSR count). The molecule has 1 heterocycles. The molecule has 1 N–H and O–H groups in total. The van der Waals surface area contributed by atoms with Gasteiger partial charge in [-0.3, -0.25) is 0 Å². The number of hydrogen-bond donors (Lipinski definition) is 1. The molecule has 1 aliphatic rings. The number of urea groups is 1. The van der Waals surface area contributed by atoms with Crippen molar-refractivity contribution in [2.45, 2.75) is 38.5 Å². The lowest BCUT2D eigenvalue weighted by molar-refractivity contribution is 0.0828. The van der Waals surface area contributed by atoms with Crippen LogP contribution in [0.3, 0.4) is 0 Å². The van der Waals surface area contributed by atoms with Gasteiger partial charge in [0, 0.05) is 26.2 Å². The predicted molar refractivity (Wildman–Crippen MR) is 97.1 cm³/mol. The number of nitriles is 1. The summed E-state index contributed by atoms with van der Waals surface area (Å²) in [5, 5.41) is 12.0. The number of benzene rings is 1. The van der Waals surface area contributed by atoms with Crippen LogP contribution in [0, 0.1) is 11.3 Å². The van der Waals surface area contributed by atoms with Gasteiger partial charge in [-0.25, -0.2) is 4.79 Å². The fourth-order valence-corrected chi connectivity index (χ4v) is 2.85. The number of nitrogens with zero attached hydrogens (tertiary/aromatic N) is 3. The van der Waals surface area contributed by atoms with Crippen molar-refractivity contribution < 1.29 is 9.53 Å². The molecular formula is C19H28N4O2. The Morgan fingerprint density at radius 1 is 1.36 bits per heavy atom. The van der Waals surface area contributed by atoms with E-state index in [1.165, 1.54) is 0 Å². The van der Waals surface area contributed by atoms with E-state index in [1.807, 2.05) is 38.1 Å². The standard InChI is InChI=1S/C19H28N4O2/c1-15(18-5-4-12-25-18)21-19(24)23(11-10-22(2)3)14-17-8-6-16(13-20)7-9-17/h6-9,15,18H,4-5,10-12,14H2,1-3H3,(H,21,24). The highest BCUT2D eigenvalue weighted by atomic mass is 16.5. The van der Waals surface area contributed by atoms with Crippen LogP contribution in [0.4, 0.5) is 4.79 Å². The normalized spacial score (nSPS) is 18.0. The van der Waals surface area contributed by atoms with Gasteiger partial charge in [0.05, 0.1) is 23.8 Å². The predicted octanol–water partition coefficient (Wildman–Crippen LogP) is 2.20. The average molecular weight is 344 g/mol. The fourth-order valence-electron chi connectivity index (χ4n) is 2.85. The second-order valence-corrected chi connectivity index (χ2v) is 6.82. The molecule has 0 aromatic heterocycles. The van der Waals surface area contributed by atoms with Gasteiger partial charge in [-0.15, -0.1) is 0 Å². The first-order valence-electron chi connectivity index (χ1n) is 8.80. The Bertz CT molecular complexity index is 588. The summed E-state index contributed by atoms with van der Waals surface area (Å²) >= 11 is 0. The van der Waals surface area contributed by atoms with E-state index in [0.29, 0.717) is 18.7 Å². The van der Waals surface area contributed by atoms with E-state index in [2.05, 4.69) is 16.3 Å². The molecule has 0 aliphatic carbocycles. The van der Waals surface area contributed by atoms with Crippen LogP contribution >= 0.6 is 0 Å². The first-order valence-corrected chi connectivity index (χ1v) is 8.80. The topological polar surface area (TPSA) is 68.6 Å². The maximum absolute atomic E-state index is 12.7. The van der Waals surface area contributed by atoms with Crippen LogP contribution in [-0.4, -0.2) is 61.8 Å². The molecule has 2 unspecified atom stereocenters. The lowest BCUT2D eigenvalue weighted by atomic mass is 10.1. The number of rotatable bonds is 7. The monoisotopic (exact) mass is 344 g/mol. The van der Waals surface area contributed by atoms with Gasteiger partial charge in [-0.2, -0.15) is 5.26 Å². The van der Waals surface area contributed by atoms with Crippen LogP contribution < -0.4 is 5.32 Å². The van der Waals surface area contributed by atoms with Crippen LogP contribution in [0.25, 0.3) is 0 Å². The molecule has 136 valence electrons. The first-order chi connectivity index (χ1) is 12.0. The molecular weight excluding hydrogens is 316 g/mol. The first kappa shape index (κ1) is 19.2. The zero-order valence-corrected chi connectivity index (χ0v) is 15.4. The third kappa shape index (κ3) is 6.04. The third-order valence-corrected chi connectivity index (χ3v) is 4.43.